The van der Waals surface area contributed by atoms with Crippen LogP contribution in [0, 0.1) is 0 Å². The molecule has 0 atom stereocenters. The summed E-state index contributed by atoms with van der Waals surface area (Å²) >= 11 is 6.27. The second-order valence-electron chi connectivity index (χ2n) is 5.56. The molecule has 1 N–H and O–H groups in total. The number of anilines is 1. The molecule has 2 aromatic rings. The lowest BCUT2D eigenvalue weighted by atomic mass is 10.1. The van der Waals surface area contributed by atoms with Gasteiger partial charge in [0.1, 0.15) is 0 Å². The standard InChI is InChI=1S/C17H16ClNO2/c18-14-7-16-17(21-10-20-16)8-15(14)19-9-11-2-1-3-13(6-11)12-4-5-12/h1-3,6-8,12,19H,4-5,9-10H2. The van der Waals surface area contributed by atoms with Crippen LogP contribution in [0.2, 0.25) is 5.02 Å². The van der Waals surface area contributed by atoms with Crippen LogP contribution < -0.4 is 14.8 Å². The Morgan fingerprint density at radius 2 is 1.90 bits per heavy atom. The zero-order valence-electron chi connectivity index (χ0n) is 11.6. The monoisotopic (exact) mass is 301 g/mol. The van der Waals surface area contributed by atoms with Gasteiger partial charge in [-0.1, -0.05) is 35.9 Å². The van der Waals surface area contributed by atoms with Crippen molar-refractivity contribution in [3.63, 3.8) is 0 Å². The van der Waals surface area contributed by atoms with E-state index >= 15 is 0 Å². The van der Waals surface area contributed by atoms with Crippen molar-refractivity contribution in [3.05, 3.63) is 52.5 Å². The van der Waals surface area contributed by atoms with E-state index in [0.717, 1.165) is 23.9 Å². The van der Waals surface area contributed by atoms with Crippen molar-refractivity contribution in [1.29, 1.82) is 0 Å². The molecule has 108 valence electrons. The minimum absolute atomic E-state index is 0.262. The van der Waals surface area contributed by atoms with E-state index in [9.17, 15) is 0 Å². The van der Waals surface area contributed by atoms with Crippen LogP contribution in [-0.4, -0.2) is 6.79 Å². The molecule has 0 amide bonds. The summed E-state index contributed by atoms with van der Waals surface area (Å²) in [5.74, 6) is 2.23. The van der Waals surface area contributed by atoms with Crippen molar-refractivity contribution in [1.82, 2.24) is 0 Å². The molecule has 2 aliphatic rings. The first-order chi connectivity index (χ1) is 10.3. The minimum Gasteiger partial charge on any atom is -0.454 e. The molecule has 0 spiro atoms. The largest absolute Gasteiger partial charge is 0.454 e. The van der Waals surface area contributed by atoms with Gasteiger partial charge in [0.15, 0.2) is 11.5 Å². The molecule has 0 saturated heterocycles. The summed E-state index contributed by atoms with van der Waals surface area (Å²) in [6.45, 7) is 1.01. The highest BCUT2D eigenvalue weighted by Crippen LogP contribution is 2.41. The lowest BCUT2D eigenvalue weighted by molar-refractivity contribution is 0.174. The van der Waals surface area contributed by atoms with Gasteiger partial charge < -0.3 is 14.8 Å². The number of hydrogen-bond donors (Lipinski definition) is 1. The van der Waals surface area contributed by atoms with Crippen molar-refractivity contribution in [2.45, 2.75) is 25.3 Å². The van der Waals surface area contributed by atoms with Crippen molar-refractivity contribution in [2.75, 3.05) is 12.1 Å². The quantitative estimate of drug-likeness (QED) is 0.898. The average Bonchev–Trinajstić information content (AvgIpc) is 3.25. The molecular weight excluding hydrogens is 286 g/mol. The van der Waals surface area contributed by atoms with Crippen LogP contribution in [0.15, 0.2) is 36.4 Å². The van der Waals surface area contributed by atoms with Crippen molar-refractivity contribution in [3.8, 4) is 11.5 Å². The maximum Gasteiger partial charge on any atom is 0.231 e. The normalized spacial score (nSPS) is 16.0. The first kappa shape index (κ1) is 12.8. The summed E-state index contributed by atoms with van der Waals surface area (Å²) in [5.41, 5.74) is 3.59. The van der Waals surface area contributed by atoms with Gasteiger partial charge in [0, 0.05) is 18.7 Å². The Bertz CT molecular complexity index is 682. The van der Waals surface area contributed by atoms with E-state index in [1.807, 2.05) is 6.07 Å². The molecule has 1 aliphatic carbocycles. The number of hydrogen-bond acceptors (Lipinski definition) is 3. The second kappa shape index (κ2) is 5.15. The van der Waals surface area contributed by atoms with Gasteiger partial charge in [-0.2, -0.15) is 0 Å². The summed E-state index contributed by atoms with van der Waals surface area (Å²) < 4.78 is 10.7. The van der Waals surface area contributed by atoms with E-state index in [4.69, 9.17) is 21.1 Å². The van der Waals surface area contributed by atoms with E-state index in [0.29, 0.717) is 10.8 Å². The molecule has 3 nitrogen and oxygen atoms in total. The predicted molar refractivity (Wildman–Crippen MR) is 83.3 cm³/mol. The highest BCUT2D eigenvalue weighted by atomic mass is 35.5. The summed E-state index contributed by atoms with van der Waals surface area (Å²) in [4.78, 5) is 0. The van der Waals surface area contributed by atoms with E-state index in [-0.39, 0.29) is 6.79 Å². The molecule has 0 aromatic heterocycles. The molecule has 0 bridgehead atoms. The molecule has 0 unspecified atom stereocenters. The Morgan fingerprint density at radius 1 is 1.10 bits per heavy atom. The maximum absolute atomic E-state index is 6.27. The lowest BCUT2D eigenvalue weighted by Gasteiger charge is -2.10. The molecular formula is C17H16ClNO2. The van der Waals surface area contributed by atoms with Gasteiger partial charge in [0.25, 0.3) is 0 Å². The Hall–Kier alpha value is -1.87. The molecule has 4 heteroatoms. The van der Waals surface area contributed by atoms with Gasteiger partial charge in [-0.15, -0.1) is 0 Å². The number of rotatable bonds is 4. The molecule has 0 radical (unpaired) electrons. The third-order valence-corrected chi connectivity index (χ3v) is 4.26. The lowest BCUT2D eigenvalue weighted by Crippen LogP contribution is -2.00. The van der Waals surface area contributed by atoms with E-state index in [1.165, 1.54) is 24.0 Å². The fourth-order valence-electron chi connectivity index (χ4n) is 2.62. The van der Waals surface area contributed by atoms with E-state index < -0.39 is 0 Å². The first-order valence-corrected chi connectivity index (χ1v) is 7.59. The molecule has 1 fully saturated rings. The van der Waals surface area contributed by atoms with Crippen molar-refractivity contribution < 1.29 is 9.47 Å². The van der Waals surface area contributed by atoms with Crippen LogP contribution in [0.1, 0.15) is 29.9 Å². The van der Waals surface area contributed by atoms with E-state index in [1.54, 1.807) is 6.07 Å². The molecule has 1 aliphatic heterocycles. The predicted octanol–water partition coefficient (Wildman–Crippen LogP) is 4.56. The molecule has 21 heavy (non-hydrogen) atoms. The topological polar surface area (TPSA) is 30.5 Å². The Morgan fingerprint density at radius 3 is 2.71 bits per heavy atom. The van der Waals surface area contributed by atoms with Gasteiger partial charge >= 0.3 is 0 Å². The summed E-state index contributed by atoms with van der Waals surface area (Å²) in [7, 11) is 0. The number of benzene rings is 2. The van der Waals surface area contributed by atoms with Crippen LogP contribution in [0.3, 0.4) is 0 Å². The molecule has 2 aromatic carbocycles. The fourth-order valence-corrected chi connectivity index (χ4v) is 2.84. The Kier molecular flexibility index (Phi) is 3.15. The maximum atomic E-state index is 6.27. The first-order valence-electron chi connectivity index (χ1n) is 7.21. The van der Waals surface area contributed by atoms with Gasteiger partial charge in [-0.3, -0.25) is 0 Å². The van der Waals surface area contributed by atoms with Crippen molar-refractivity contribution >= 4 is 17.3 Å². The smallest absolute Gasteiger partial charge is 0.231 e. The highest BCUT2D eigenvalue weighted by Gasteiger charge is 2.23. The molecule has 1 saturated carbocycles. The third-order valence-electron chi connectivity index (χ3n) is 3.95. The van der Waals surface area contributed by atoms with Gasteiger partial charge in [-0.05, 0) is 29.9 Å². The third kappa shape index (κ3) is 2.66. The van der Waals surface area contributed by atoms with Crippen LogP contribution in [-0.2, 0) is 6.54 Å². The number of halogens is 1. The minimum atomic E-state index is 0.262. The van der Waals surface area contributed by atoms with Crippen molar-refractivity contribution in [2.24, 2.45) is 0 Å². The van der Waals surface area contributed by atoms with Crippen LogP contribution in [0.25, 0.3) is 0 Å². The van der Waals surface area contributed by atoms with Crippen LogP contribution in [0.5, 0.6) is 11.5 Å². The van der Waals surface area contributed by atoms with E-state index in [2.05, 4.69) is 29.6 Å². The zero-order chi connectivity index (χ0) is 14.2. The average molecular weight is 302 g/mol. The van der Waals surface area contributed by atoms with Gasteiger partial charge in [0.2, 0.25) is 6.79 Å². The van der Waals surface area contributed by atoms with Crippen LogP contribution >= 0.6 is 11.6 Å². The summed E-state index contributed by atoms with van der Waals surface area (Å²) in [5, 5.41) is 4.03. The fraction of sp³-hybridized carbons (Fsp3) is 0.294. The summed E-state index contributed by atoms with van der Waals surface area (Å²) in [6.07, 6.45) is 2.65. The summed E-state index contributed by atoms with van der Waals surface area (Å²) in [6, 6.07) is 12.5. The second-order valence-corrected chi connectivity index (χ2v) is 5.97. The van der Waals surface area contributed by atoms with Crippen LogP contribution in [0.4, 0.5) is 5.69 Å². The number of ether oxygens (including phenoxy) is 2. The Balaban J connectivity index is 1.50. The molecule has 1 heterocycles. The number of fused-ring (bicyclic) bond motifs is 1. The zero-order valence-corrected chi connectivity index (χ0v) is 12.3. The van der Waals surface area contributed by atoms with Gasteiger partial charge in [0.05, 0.1) is 10.7 Å². The molecule has 4 rings (SSSR count). The highest BCUT2D eigenvalue weighted by molar-refractivity contribution is 6.33. The Labute approximate surface area is 128 Å². The SMILES string of the molecule is Clc1cc2c(cc1NCc1cccc(C3CC3)c1)OCO2. The van der Waals surface area contributed by atoms with Gasteiger partial charge in [-0.25, -0.2) is 0 Å². The number of nitrogens with one attached hydrogen (secondary N) is 1.